The Morgan fingerprint density at radius 1 is 1.23 bits per heavy atom. The van der Waals surface area contributed by atoms with Crippen LogP contribution in [-0.4, -0.2) is 17.4 Å². The van der Waals surface area contributed by atoms with Crippen LogP contribution in [0.5, 0.6) is 0 Å². The topological polar surface area (TPSA) is 43.4 Å². The number of Topliss-reactive ketones (excluding diaryl/α,β-unsaturated/α-hetero) is 1. The molecule has 3 nitrogen and oxygen atoms in total. The summed E-state index contributed by atoms with van der Waals surface area (Å²) in [5, 5.41) is 0. The van der Waals surface area contributed by atoms with E-state index in [9.17, 15) is 9.59 Å². The molecule has 0 N–H and O–H groups in total. The van der Waals surface area contributed by atoms with Gasteiger partial charge in [-0.3, -0.25) is 9.59 Å². The molecule has 1 aliphatic heterocycles. The molecule has 1 atom stereocenters. The first-order valence-electron chi connectivity index (χ1n) is 4.93. The zero-order valence-electron chi connectivity index (χ0n) is 7.84. The molecule has 1 aliphatic carbocycles. The minimum atomic E-state index is -0.714. The molecule has 0 bridgehead atoms. The molecule has 2 rings (SSSR count). The summed E-state index contributed by atoms with van der Waals surface area (Å²) in [5.74, 6) is -0.845. The molecule has 1 saturated heterocycles. The molecular formula is C10H14O3. The number of hydrogen-bond acceptors (Lipinski definition) is 3. The summed E-state index contributed by atoms with van der Waals surface area (Å²) in [6, 6.07) is 0. The van der Waals surface area contributed by atoms with E-state index in [1.165, 1.54) is 0 Å². The van der Waals surface area contributed by atoms with Crippen molar-refractivity contribution >= 4 is 11.8 Å². The van der Waals surface area contributed by atoms with Gasteiger partial charge in [0.15, 0.2) is 11.4 Å². The van der Waals surface area contributed by atoms with Crippen molar-refractivity contribution in [2.45, 2.75) is 44.6 Å². The van der Waals surface area contributed by atoms with Crippen molar-refractivity contribution in [3.63, 3.8) is 0 Å². The van der Waals surface area contributed by atoms with E-state index in [1.54, 1.807) is 6.92 Å². The predicted octanol–water partition coefficient (Wildman–Crippen LogP) is 1.45. The largest absolute Gasteiger partial charge is 0.450 e. The quantitative estimate of drug-likeness (QED) is 0.420. The van der Waals surface area contributed by atoms with Crippen LogP contribution in [-0.2, 0) is 14.3 Å². The lowest BCUT2D eigenvalue weighted by atomic mass is 9.80. The number of carbonyl (C=O) groups excluding carboxylic acids is 2. The van der Waals surface area contributed by atoms with Gasteiger partial charge < -0.3 is 4.74 Å². The maximum Gasteiger partial charge on any atom is 0.317 e. The Labute approximate surface area is 77.4 Å². The van der Waals surface area contributed by atoms with Gasteiger partial charge in [0.1, 0.15) is 5.92 Å². The molecule has 3 heteroatoms. The molecule has 0 amide bonds. The van der Waals surface area contributed by atoms with Crippen LogP contribution in [0.25, 0.3) is 0 Å². The molecule has 1 saturated carbocycles. The highest BCUT2D eigenvalue weighted by molar-refractivity contribution is 6.08. The van der Waals surface area contributed by atoms with Gasteiger partial charge in [-0.2, -0.15) is 0 Å². The van der Waals surface area contributed by atoms with Gasteiger partial charge in [-0.25, -0.2) is 0 Å². The van der Waals surface area contributed by atoms with Gasteiger partial charge in [0.05, 0.1) is 0 Å². The summed E-state index contributed by atoms with van der Waals surface area (Å²) in [4.78, 5) is 23.0. The average Bonchev–Trinajstić information content (AvgIpc) is 2.33. The van der Waals surface area contributed by atoms with Crippen molar-refractivity contribution in [2.24, 2.45) is 5.92 Å². The van der Waals surface area contributed by atoms with Crippen LogP contribution in [0.1, 0.15) is 39.0 Å². The standard InChI is InChI=1S/C10H14O3/c1-7-8(11)10(13-9(7)12)5-3-2-4-6-10/h7H,2-6H2,1H3. The third-order valence-electron chi connectivity index (χ3n) is 3.15. The number of ether oxygens (including phenoxy) is 1. The Balaban J connectivity index is 2.23. The van der Waals surface area contributed by atoms with Crippen molar-refractivity contribution in [1.29, 1.82) is 0 Å². The highest BCUT2D eigenvalue weighted by atomic mass is 16.6. The second-order valence-corrected chi connectivity index (χ2v) is 4.06. The summed E-state index contributed by atoms with van der Waals surface area (Å²) < 4.78 is 5.23. The predicted molar refractivity (Wildman–Crippen MR) is 46.1 cm³/mol. The molecule has 0 aromatic heterocycles. The molecule has 1 unspecified atom stereocenters. The fourth-order valence-electron chi connectivity index (χ4n) is 2.30. The van der Waals surface area contributed by atoms with Crippen LogP contribution < -0.4 is 0 Å². The van der Waals surface area contributed by atoms with Gasteiger partial charge in [-0.05, 0) is 32.6 Å². The first-order valence-corrected chi connectivity index (χ1v) is 4.93. The minimum absolute atomic E-state index is 0.0113. The Morgan fingerprint density at radius 2 is 1.85 bits per heavy atom. The summed E-state index contributed by atoms with van der Waals surface area (Å²) in [6.45, 7) is 1.65. The lowest BCUT2D eigenvalue weighted by molar-refractivity contribution is -0.155. The van der Waals surface area contributed by atoms with Crippen LogP contribution >= 0.6 is 0 Å². The van der Waals surface area contributed by atoms with Crippen LogP contribution in [0.3, 0.4) is 0 Å². The summed E-state index contributed by atoms with van der Waals surface area (Å²) >= 11 is 0. The van der Waals surface area contributed by atoms with Gasteiger partial charge in [0.25, 0.3) is 0 Å². The lowest BCUT2D eigenvalue weighted by Crippen LogP contribution is -2.39. The fraction of sp³-hybridized carbons (Fsp3) is 0.800. The van der Waals surface area contributed by atoms with Crippen molar-refractivity contribution in [2.75, 3.05) is 0 Å². The fourth-order valence-corrected chi connectivity index (χ4v) is 2.30. The SMILES string of the molecule is CC1C(=O)OC2(CCCCC2)C1=O. The van der Waals surface area contributed by atoms with Gasteiger partial charge >= 0.3 is 5.97 Å². The molecule has 1 heterocycles. The van der Waals surface area contributed by atoms with E-state index in [2.05, 4.69) is 0 Å². The molecule has 13 heavy (non-hydrogen) atoms. The summed E-state index contributed by atoms with van der Waals surface area (Å²) in [6.07, 6.45) is 4.64. The van der Waals surface area contributed by atoms with Gasteiger partial charge in [-0.1, -0.05) is 6.42 Å². The van der Waals surface area contributed by atoms with Crippen molar-refractivity contribution in [3.8, 4) is 0 Å². The van der Waals surface area contributed by atoms with E-state index in [0.717, 1.165) is 32.1 Å². The van der Waals surface area contributed by atoms with Crippen LogP contribution in [0.4, 0.5) is 0 Å². The maximum atomic E-state index is 11.7. The number of hydrogen-bond donors (Lipinski definition) is 0. The summed E-state index contributed by atoms with van der Waals surface area (Å²) in [5.41, 5.74) is -0.714. The van der Waals surface area contributed by atoms with Crippen LogP contribution in [0.15, 0.2) is 0 Å². The first-order chi connectivity index (χ1) is 6.16. The second kappa shape index (κ2) is 2.82. The Hall–Kier alpha value is -0.860. The highest BCUT2D eigenvalue weighted by Crippen LogP contribution is 2.39. The van der Waals surface area contributed by atoms with Crippen molar-refractivity contribution in [3.05, 3.63) is 0 Å². The van der Waals surface area contributed by atoms with Gasteiger partial charge in [0.2, 0.25) is 0 Å². The van der Waals surface area contributed by atoms with E-state index >= 15 is 0 Å². The molecular weight excluding hydrogens is 168 g/mol. The zero-order valence-corrected chi connectivity index (χ0v) is 7.84. The van der Waals surface area contributed by atoms with Crippen molar-refractivity contribution in [1.82, 2.24) is 0 Å². The third kappa shape index (κ3) is 1.18. The van der Waals surface area contributed by atoms with Crippen molar-refractivity contribution < 1.29 is 14.3 Å². The van der Waals surface area contributed by atoms with E-state index in [-0.39, 0.29) is 11.8 Å². The normalized spacial score (nSPS) is 32.2. The number of esters is 1. The Morgan fingerprint density at radius 3 is 2.31 bits per heavy atom. The van der Waals surface area contributed by atoms with Crippen LogP contribution in [0, 0.1) is 5.92 Å². The monoisotopic (exact) mass is 182 g/mol. The van der Waals surface area contributed by atoms with E-state index < -0.39 is 11.5 Å². The molecule has 72 valence electrons. The third-order valence-corrected chi connectivity index (χ3v) is 3.15. The molecule has 2 fully saturated rings. The van der Waals surface area contributed by atoms with Gasteiger partial charge in [-0.15, -0.1) is 0 Å². The minimum Gasteiger partial charge on any atom is -0.450 e. The molecule has 1 spiro atoms. The Bertz CT molecular complexity index is 251. The molecule has 0 radical (unpaired) electrons. The maximum absolute atomic E-state index is 11.7. The second-order valence-electron chi connectivity index (χ2n) is 4.06. The van der Waals surface area contributed by atoms with Gasteiger partial charge in [0, 0.05) is 0 Å². The van der Waals surface area contributed by atoms with E-state index in [4.69, 9.17) is 4.74 Å². The van der Waals surface area contributed by atoms with Crippen LogP contribution in [0.2, 0.25) is 0 Å². The average molecular weight is 182 g/mol. The molecule has 0 aromatic carbocycles. The summed E-state index contributed by atoms with van der Waals surface area (Å²) in [7, 11) is 0. The van der Waals surface area contributed by atoms with E-state index in [1.807, 2.05) is 0 Å². The Kier molecular flexibility index (Phi) is 1.90. The number of rotatable bonds is 0. The molecule has 0 aromatic rings. The first kappa shape index (κ1) is 8.73. The molecule has 2 aliphatic rings. The highest BCUT2D eigenvalue weighted by Gasteiger charge is 2.53. The number of carbonyl (C=O) groups is 2. The zero-order chi connectivity index (χ0) is 9.47. The van der Waals surface area contributed by atoms with E-state index in [0.29, 0.717) is 0 Å². The number of ketones is 1. The smallest absolute Gasteiger partial charge is 0.317 e. The lowest BCUT2D eigenvalue weighted by Gasteiger charge is -2.29.